The van der Waals surface area contributed by atoms with E-state index in [1.54, 1.807) is 0 Å². The van der Waals surface area contributed by atoms with Gasteiger partial charge in [0.2, 0.25) is 11.8 Å². The summed E-state index contributed by atoms with van der Waals surface area (Å²) < 4.78 is 0. The molecular formula is C15H23N3O2. The Morgan fingerprint density at radius 2 is 1.55 bits per heavy atom. The zero-order valence-corrected chi connectivity index (χ0v) is 12.5. The largest absolute Gasteiger partial charge is 0.350 e. The molecule has 5 heteroatoms. The van der Waals surface area contributed by atoms with Gasteiger partial charge in [0.05, 0.1) is 13.1 Å². The number of benzene rings is 1. The first-order chi connectivity index (χ1) is 9.26. The van der Waals surface area contributed by atoms with Gasteiger partial charge in [-0.2, -0.15) is 0 Å². The number of rotatable bonds is 5. The molecule has 0 unspecified atom stereocenters. The van der Waals surface area contributed by atoms with Crippen molar-refractivity contribution in [2.45, 2.75) is 33.2 Å². The van der Waals surface area contributed by atoms with E-state index in [9.17, 15) is 9.59 Å². The Hall–Kier alpha value is -1.88. The number of anilines is 1. The van der Waals surface area contributed by atoms with Crippen LogP contribution in [-0.4, -0.2) is 30.4 Å². The van der Waals surface area contributed by atoms with Gasteiger partial charge in [0.25, 0.3) is 0 Å². The quantitative estimate of drug-likeness (QED) is 0.762. The Morgan fingerprint density at radius 1 is 1.00 bits per heavy atom. The maximum absolute atomic E-state index is 11.7. The summed E-state index contributed by atoms with van der Waals surface area (Å²) in [4.78, 5) is 23.2. The van der Waals surface area contributed by atoms with Crippen LogP contribution < -0.4 is 16.0 Å². The number of hydrogen-bond donors (Lipinski definition) is 3. The van der Waals surface area contributed by atoms with Gasteiger partial charge in [-0.25, -0.2) is 0 Å². The topological polar surface area (TPSA) is 70.2 Å². The van der Waals surface area contributed by atoms with Gasteiger partial charge >= 0.3 is 0 Å². The Morgan fingerprint density at radius 3 is 2.10 bits per heavy atom. The zero-order valence-electron chi connectivity index (χ0n) is 12.5. The summed E-state index contributed by atoms with van der Waals surface area (Å²) in [7, 11) is 0. The van der Waals surface area contributed by atoms with E-state index in [0.717, 1.165) is 11.3 Å². The monoisotopic (exact) mass is 277 g/mol. The smallest absolute Gasteiger partial charge is 0.238 e. The van der Waals surface area contributed by atoms with E-state index >= 15 is 0 Å². The third-order valence-electron chi connectivity index (χ3n) is 2.42. The lowest BCUT2D eigenvalue weighted by atomic mass is 10.1. The molecule has 0 aliphatic carbocycles. The van der Waals surface area contributed by atoms with Gasteiger partial charge in [-0.05, 0) is 39.8 Å². The summed E-state index contributed by atoms with van der Waals surface area (Å²) in [5.41, 5.74) is 1.63. The van der Waals surface area contributed by atoms with Crippen molar-refractivity contribution >= 4 is 17.5 Å². The Labute approximate surface area is 120 Å². The van der Waals surface area contributed by atoms with Gasteiger partial charge in [0, 0.05) is 11.2 Å². The second kappa shape index (κ2) is 7.05. The van der Waals surface area contributed by atoms with E-state index in [1.165, 1.54) is 0 Å². The molecule has 0 fully saturated rings. The van der Waals surface area contributed by atoms with Crippen LogP contribution in [0.3, 0.4) is 0 Å². The van der Waals surface area contributed by atoms with Gasteiger partial charge in [0.1, 0.15) is 0 Å². The Bertz CT molecular complexity index is 461. The number of nitrogens with one attached hydrogen (secondary N) is 3. The minimum absolute atomic E-state index is 0.103. The Balaban J connectivity index is 2.27. The van der Waals surface area contributed by atoms with Crippen LogP contribution >= 0.6 is 0 Å². The summed E-state index contributed by atoms with van der Waals surface area (Å²) in [6, 6.07) is 7.55. The fourth-order valence-corrected chi connectivity index (χ4v) is 1.59. The highest BCUT2D eigenvalue weighted by atomic mass is 16.2. The highest BCUT2D eigenvalue weighted by Crippen LogP contribution is 2.07. The molecule has 0 aliphatic heterocycles. The van der Waals surface area contributed by atoms with Crippen LogP contribution in [0.5, 0.6) is 0 Å². The van der Waals surface area contributed by atoms with Crippen molar-refractivity contribution in [1.82, 2.24) is 10.6 Å². The van der Waals surface area contributed by atoms with Crippen LogP contribution in [0.2, 0.25) is 0 Å². The zero-order chi connectivity index (χ0) is 15.2. The lowest BCUT2D eigenvalue weighted by Gasteiger charge is -2.20. The van der Waals surface area contributed by atoms with E-state index in [4.69, 9.17) is 0 Å². The predicted octanol–water partition coefficient (Wildman–Crippen LogP) is 1.44. The molecule has 0 spiro atoms. The average Bonchev–Trinajstić information content (AvgIpc) is 2.29. The summed E-state index contributed by atoms with van der Waals surface area (Å²) in [5, 5.41) is 8.39. The molecule has 1 aromatic carbocycles. The van der Waals surface area contributed by atoms with Crippen LogP contribution in [0.25, 0.3) is 0 Å². The lowest BCUT2D eigenvalue weighted by Crippen LogP contribution is -2.45. The van der Waals surface area contributed by atoms with Gasteiger partial charge in [0.15, 0.2) is 0 Å². The second-order valence-electron chi connectivity index (χ2n) is 5.82. The summed E-state index contributed by atoms with van der Waals surface area (Å²) in [6.07, 6.45) is 0. The van der Waals surface area contributed by atoms with Crippen molar-refractivity contribution in [3.8, 4) is 0 Å². The molecule has 0 saturated carbocycles. The van der Waals surface area contributed by atoms with Crippen LogP contribution in [0, 0.1) is 6.92 Å². The molecular weight excluding hydrogens is 254 g/mol. The second-order valence-corrected chi connectivity index (χ2v) is 5.82. The molecule has 0 bridgehead atoms. The maximum atomic E-state index is 11.7. The van der Waals surface area contributed by atoms with E-state index in [0.29, 0.717) is 0 Å². The summed E-state index contributed by atoms with van der Waals surface area (Å²) in [6.45, 7) is 7.95. The third kappa shape index (κ3) is 6.89. The first-order valence-electron chi connectivity index (χ1n) is 6.64. The summed E-state index contributed by atoms with van der Waals surface area (Å²) >= 11 is 0. The highest BCUT2D eigenvalue weighted by molar-refractivity contribution is 5.92. The van der Waals surface area contributed by atoms with Crippen molar-refractivity contribution in [3.63, 3.8) is 0 Å². The van der Waals surface area contributed by atoms with E-state index in [1.807, 2.05) is 52.0 Å². The number of aryl methyl sites for hydroxylation is 1. The molecule has 1 aromatic rings. The van der Waals surface area contributed by atoms with Crippen molar-refractivity contribution in [1.29, 1.82) is 0 Å². The van der Waals surface area contributed by atoms with Crippen LogP contribution in [0.1, 0.15) is 26.3 Å². The SMILES string of the molecule is Cc1ccc(NC(=O)CNCC(=O)NC(C)(C)C)cc1. The average molecular weight is 277 g/mol. The molecule has 1 rings (SSSR count). The number of carbonyl (C=O) groups excluding carboxylic acids is 2. The Kier molecular flexibility index (Phi) is 5.70. The van der Waals surface area contributed by atoms with E-state index in [2.05, 4.69) is 16.0 Å². The van der Waals surface area contributed by atoms with Crippen molar-refractivity contribution < 1.29 is 9.59 Å². The standard InChI is InChI=1S/C15H23N3O2/c1-11-5-7-12(8-6-11)17-13(19)9-16-10-14(20)18-15(2,3)4/h5-8,16H,9-10H2,1-4H3,(H,17,19)(H,18,20). The fourth-order valence-electron chi connectivity index (χ4n) is 1.59. The minimum atomic E-state index is -0.261. The van der Waals surface area contributed by atoms with Gasteiger partial charge < -0.3 is 10.6 Å². The molecule has 3 N–H and O–H groups in total. The first kappa shape index (κ1) is 16.2. The molecule has 5 nitrogen and oxygen atoms in total. The first-order valence-corrected chi connectivity index (χ1v) is 6.64. The maximum Gasteiger partial charge on any atom is 0.238 e. The van der Waals surface area contributed by atoms with Crippen molar-refractivity contribution in [2.75, 3.05) is 18.4 Å². The predicted molar refractivity (Wildman–Crippen MR) is 80.6 cm³/mol. The van der Waals surface area contributed by atoms with Crippen LogP contribution in [-0.2, 0) is 9.59 Å². The van der Waals surface area contributed by atoms with Gasteiger partial charge in [-0.3, -0.25) is 14.9 Å². The fraction of sp³-hybridized carbons (Fsp3) is 0.467. The van der Waals surface area contributed by atoms with Gasteiger partial charge in [-0.15, -0.1) is 0 Å². The van der Waals surface area contributed by atoms with E-state index < -0.39 is 0 Å². The molecule has 2 amide bonds. The third-order valence-corrected chi connectivity index (χ3v) is 2.42. The minimum Gasteiger partial charge on any atom is -0.350 e. The number of hydrogen-bond acceptors (Lipinski definition) is 3. The van der Waals surface area contributed by atoms with Crippen LogP contribution in [0.15, 0.2) is 24.3 Å². The van der Waals surface area contributed by atoms with Crippen LogP contribution in [0.4, 0.5) is 5.69 Å². The lowest BCUT2D eigenvalue weighted by molar-refractivity contribution is -0.121. The summed E-state index contributed by atoms with van der Waals surface area (Å²) in [5.74, 6) is -0.293. The molecule has 0 aromatic heterocycles. The molecule has 0 atom stereocenters. The molecule has 0 aliphatic rings. The number of carbonyl (C=O) groups is 2. The molecule has 0 saturated heterocycles. The van der Waals surface area contributed by atoms with Crippen molar-refractivity contribution in [2.24, 2.45) is 0 Å². The molecule has 0 heterocycles. The van der Waals surface area contributed by atoms with E-state index in [-0.39, 0.29) is 30.4 Å². The molecule has 0 radical (unpaired) electrons. The molecule has 20 heavy (non-hydrogen) atoms. The highest BCUT2D eigenvalue weighted by Gasteiger charge is 2.13. The normalized spacial score (nSPS) is 11.0. The number of amides is 2. The van der Waals surface area contributed by atoms with Crippen molar-refractivity contribution in [3.05, 3.63) is 29.8 Å². The molecule has 110 valence electrons. The van der Waals surface area contributed by atoms with Gasteiger partial charge in [-0.1, -0.05) is 17.7 Å².